The summed E-state index contributed by atoms with van der Waals surface area (Å²) in [6.45, 7) is 2.88. The molecule has 3 heterocycles. The third-order valence-corrected chi connectivity index (χ3v) is 7.74. The van der Waals surface area contributed by atoms with Gasteiger partial charge in [0.05, 0.1) is 31.5 Å². The smallest absolute Gasteiger partial charge is 0.222 e. The molecule has 1 aromatic heterocycles. The number of carbonyl (C=O) groups is 1. The van der Waals surface area contributed by atoms with Crippen LogP contribution in [0, 0.1) is 0 Å². The maximum Gasteiger partial charge on any atom is 0.222 e. The van der Waals surface area contributed by atoms with Crippen molar-refractivity contribution < 1.29 is 23.1 Å². The molecule has 4 rings (SSSR count). The number of aromatic nitrogens is 1. The molecule has 1 aromatic carbocycles. The molecule has 0 radical (unpaired) electrons. The topological polar surface area (TPSA) is 92.1 Å². The number of benzene rings is 1. The summed E-state index contributed by atoms with van der Waals surface area (Å²) in [4.78, 5) is 14.3. The molecule has 1 spiro atoms. The fourth-order valence-corrected chi connectivity index (χ4v) is 6.26. The van der Waals surface area contributed by atoms with Gasteiger partial charge in [0, 0.05) is 55.7 Å². The predicted molar refractivity (Wildman–Crippen MR) is 114 cm³/mol. The zero-order chi connectivity index (χ0) is 21.8. The van der Waals surface area contributed by atoms with Crippen molar-refractivity contribution in [1.29, 1.82) is 0 Å². The zero-order valence-corrected chi connectivity index (χ0v) is 18.7. The Bertz CT molecular complexity index is 1100. The number of carbonyl (C=O) groups excluding carboxylic acids is 1. The van der Waals surface area contributed by atoms with Crippen LogP contribution < -0.4 is 4.74 Å². The minimum Gasteiger partial charge on any atom is -0.497 e. The molecule has 0 unspecified atom stereocenters. The first-order valence-electron chi connectivity index (χ1n) is 10.2. The molecule has 1 N–H and O–H groups in total. The van der Waals surface area contributed by atoms with Gasteiger partial charge in [0.2, 0.25) is 15.9 Å². The molecular formula is C21H29N3O5S. The van der Waals surface area contributed by atoms with Gasteiger partial charge in [0.25, 0.3) is 0 Å². The fourth-order valence-electron chi connectivity index (χ4n) is 5.15. The molecule has 164 valence electrons. The number of likely N-dealkylation sites (tertiary alicyclic amines) is 1. The first-order chi connectivity index (χ1) is 14.2. The first-order valence-corrected chi connectivity index (χ1v) is 12.0. The van der Waals surface area contributed by atoms with Gasteiger partial charge in [0.1, 0.15) is 5.75 Å². The summed E-state index contributed by atoms with van der Waals surface area (Å²) in [5.74, 6) is 0.810. The molecule has 1 atom stereocenters. The first kappa shape index (κ1) is 21.1. The van der Waals surface area contributed by atoms with Crippen molar-refractivity contribution in [3.05, 3.63) is 29.5 Å². The zero-order valence-electron chi connectivity index (χ0n) is 17.9. The number of aryl methyl sites for hydroxylation is 1. The summed E-state index contributed by atoms with van der Waals surface area (Å²) in [7, 11) is -0.0622. The van der Waals surface area contributed by atoms with Crippen molar-refractivity contribution in [2.75, 3.05) is 39.6 Å². The summed E-state index contributed by atoms with van der Waals surface area (Å²) in [6, 6.07) is 5.16. The van der Waals surface area contributed by atoms with Crippen molar-refractivity contribution in [3.8, 4) is 5.75 Å². The predicted octanol–water partition coefficient (Wildman–Crippen LogP) is 1.38. The van der Waals surface area contributed by atoms with E-state index < -0.39 is 21.5 Å². The van der Waals surface area contributed by atoms with Crippen molar-refractivity contribution in [2.24, 2.45) is 7.05 Å². The van der Waals surface area contributed by atoms with E-state index in [0.717, 1.165) is 28.6 Å². The average Bonchev–Trinajstić information content (AvgIpc) is 2.97. The van der Waals surface area contributed by atoms with Crippen LogP contribution in [-0.4, -0.2) is 72.8 Å². The number of aliphatic hydroxyl groups excluding tert-OH is 1. The quantitative estimate of drug-likeness (QED) is 0.766. The number of ether oxygens (including phenoxy) is 1. The molecular weight excluding hydrogens is 406 g/mol. The summed E-state index contributed by atoms with van der Waals surface area (Å²) in [5.41, 5.74) is 2.27. The van der Waals surface area contributed by atoms with Crippen molar-refractivity contribution >= 4 is 26.8 Å². The SMILES string of the molecule is CCCC(=O)N1CC2(C1)CN(S(C)(=O)=O)[C@@H](CO)c1c2c2ccc(OC)cc2n1C. The summed E-state index contributed by atoms with van der Waals surface area (Å²) in [5, 5.41) is 11.2. The van der Waals surface area contributed by atoms with Gasteiger partial charge in [-0.1, -0.05) is 6.92 Å². The third kappa shape index (κ3) is 3.02. The molecule has 0 saturated carbocycles. The second-order valence-corrected chi connectivity index (χ2v) is 10.4. The van der Waals surface area contributed by atoms with Crippen LogP contribution in [0.5, 0.6) is 5.75 Å². The van der Waals surface area contributed by atoms with E-state index in [2.05, 4.69) is 0 Å². The Kier molecular flexibility index (Phi) is 5.11. The van der Waals surface area contributed by atoms with Crippen LogP contribution in [0.4, 0.5) is 0 Å². The van der Waals surface area contributed by atoms with Gasteiger partial charge in [-0.3, -0.25) is 4.79 Å². The lowest BCUT2D eigenvalue weighted by molar-refractivity contribution is -0.140. The lowest BCUT2D eigenvalue weighted by atomic mass is 9.69. The molecule has 1 amide bonds. The molecule has 1 saturated heterocycles. The molecule has 2 aliphatic rings. The van der Waals surface area contributed by atoms with Gasteiger partial charge in [-0.2, -0.15) is 4.31 Å². The van der Waals surface area contributed by atoms with Gasteiger partial charge >= 0.3 is 0 Å². The molecule has 1 fully saturated rings. The van der Waals surface area contributed by atoms with Gasteiger partial charge in [-0.25, -0.2) is 8.42 Å². The molecule has 0 bridgehead atoms. The largest absolute Gasteiger partial charge is 0.497 e. The second-order valence-electron chi connectivity index (χ2n) is 8.49. The Morgan fingerprint density at radius 2 is 2.00 bits per heavy atom. The number of rotatable bonds is 5. The fraction of sp³-hybridized carbons (Fsp3) is 0.571. The van der Waals surface area contributed by atoms with Gasteiger partial charge < -0.3 is 19.3 Å². The van der Waals surface area contributed by atoms with E-state index in [9.17, 15) is 18.3 Å². The molecule has 2 aliphatic heterocycles. The van der Waals surface area contributed by atoms with Crippen LogP contribution in [0.1, 0.15) is 37.1 Å². The number of hydrogen-bond acceptors (Lipinski definition) is 5. The molecule has 0 aliphatic carbocycles. The average molecular weight is 436 g/mol. The Morgan fingerprint density at radius 3 is 2.57 bits per heavy atom. The van der Waals surface area contributed by atoms with Crippen LogP contribution in [0.15, 0.2) is 18.2 Å². The van der Waals surface area contributed by atoms with Crippen LogP contribution in [0.3, 0.4) is 0 Å². The maximum absolute atomic E-state index is 12.6. The number of aliphatic hydroxyl groups is 1. The highest BCUT2D eigenvalue weighted by Gasteiger charge is 2.55. The van der Waals surface area contributed by atoms with E-state index >= 15 is 0 Å². The summed E-state index contributed by atoms with van der Waals surface area (Å²) in [6.07, 6.45) is 2.45. The Morgan fingerprint density at radius 1 is 1.30 bits per heavy atom. The molecule has 9 heteroatoms. The monoisotopic (exact) mass is 435 g/mol. The van der Waals surface area contributed by atoms with Gasteiger partial charge in [0.15, 0.2) is 0 Å². The summed E-state index contributed by atoms with van der Waals surface area (Å²) < 4.78 is 34.0. The normalized spacial score (nSPS) is 21.0. The number of amides is 1. The number of sulfonamides is 1. The van der Waals surface area contributed by atoms with Crippen LogP contribution in [-0.2, 0) is 27.3 Å². The van der Waals surface area contributed by atoms with E-state index in [1.165, 1.54) is 10.6 Å². The number of fused-ring (bicyclic) bond motifs is 4. The Hall–Kier alpha value is -2.10. The van der Waals surface area contributed by atoms with Crippen LogP contribution >= 0.6 is 0 Å². The molecule has 8 nitrogen and oxygen atoms in total. The highest BCUT2D eigenvalue weighted by atomic mass is 32.2. The molecule has 2 aromatic rings. The minimum atomic E-state index is -3.56. The molecule has 30 heavy (non-hydrogen) atoms. The number of hydrogen-bond donors (Lipinski definition) is 1. The lowest BCUT2D eigenvalue weighted by Gasteiger charge is -2.55. The van der Waals surface area contributed by atoms with Crippen molar-refractivity contribution in [3.63, 3.8) is 0 Å². The Balaban J connectivity index is 1.92. The van der Waals surface area contributed by atoms with Crippen molar-refractivity contribution in [2.45, 2.75) is 31.2 Å². The standard InChI is InChI=1S/C21H29N3O5S/c1-5-6-18(26)23-11-21(12-23)13-24(30(4,27)28)17(10-25)20-19(21)15-8-7-14(29-3)9-16(15)22(20)2/h7-9,17,25H,5-6,10-13H2,1-4H3/t17-/m0/s1. The summed E-state index contributed by atoms with van der Waals surface area (Å²) >= 11 is 0. The van der Waals surface area contributed by atoms with E-state index in [4.69, 9.17) is 4.74 Å². The van der Waals surface area contributed by atoms with Crippen LogP contribution in [0.25, 0.3) is 10.9 Å². The second kappa shape index (κ2) is 7.25. The Labute approximate surface area is 177 Å². The van der Waals surface area contributed by atoms with Gasteiger partial charge in [-0.15, -0.1) is 0 Å². The number of methoxy groups -OCH3 is 1. The number of nitrogens with zero attached hydrogens (tertiary/aromatic N) is 3. The van der Waals surface area contributed by atoms with E-state index in [1.807, 2.05) is 41.6 Å². The highest BCUT2D eigenvalue weighted by Crippen LogP contribution is 2.50. The maximum atomic E-state index is 12.6. The highest BCUT2D eigenvalue weighted by molar-refractivity contribution is 7.88. The third-order valence-electron chi connectivity index (χ3n) is 6.51. The van der Waals surface area contributed by atoms with E-state index in [1.54, 1.807) is 7.11 Å². The lowest BCUT2D eigenvalue weighted by Crippen LogP contribution is -2.68. The minimum absolute atomic E-state index is 0.0989. The van der Waals surface area contributed by atoms with E-state index in [-0.39, 0.29) is 19.1 Å². The van der Waals surface area contributed by atoms with E-state index in [0.29, 0.717) is 25.3 Å². The van der Waals surface area contributed by atoms with Crippen molar-refractivity contribution in [1.82, 2.24) is 13.8 Å². The van der Waals surface area contributed by atoms with Gasteiger partial charge in [-0.05, 0) is 24.1 Å². The van der Waals surface area contributed by atoms with Crippen LogP contribution in [0.2, 0.25) is 0 Å².